The van der Waals surface area contributed by atoms with Gasteiger partial charge >= 0.3 is 0 Å². The summed E-state index contributed by atoms with van der Waals surface area (Å²) in [5, 5.41) is 0. The molecule has 0 spiro atoms. The van der Waals surface area contributed by atoms with Crippen molar-refractivity contribution in [2.24, 2.45) is 0 Å². The Bertz CT molecular complexity index is 362. The highest BCUT2D eigenvalue weighted by Gasteiger charge is 2.09. The molecule has 0 amide bonds. The van der Waals surface area contributed by atoms with E-state index in [0.29, 0.717) is 0 Å². The first kappa shape index (κ1) is 12.5. The zero-order valence-corrected chi connectivity index (χ0v) is 12.2. The molecule has 0 nitrogen and oxygen atoms in total. The number of rotatable bonds is 2. The summed E-state index contributed by atoms with van der Waals surface area (Å²) in [6, 6.07) is 9.47. The van der Waals surface area contributed by atoms with Gasteiger partial charge < -0.3 is 0 Å². The maximum absolute atomic E-state index is 3.42. The third-order valence-electron chi connectivity index (χ3n) is 1.95. The van der Waals surface area contributed by atoms with Gasteiger partial charge in [-0.05, 0) is 17.7 Å². The van der Waals surface area contributed by atoms with Crippen LogP contribution in [0.25, 0.3) is 0 Å². The summed E-state index contributed by atoms with van der Waals surface area (Å²) >= 11 is 3.42. The van der Waals surface area contributed by atoms with Crippen molar-refractivity contribution in [3.05, 3.63) is 34.3 Å². The molecule has 0 saturated heterocycles. The van der Waals surface area contributed by atoms with Gasteiger partial charge in [0.2, 0.25) is 0 Å². The second-order valence-corrected chi connectivity index (χ2v) is 11.3. The molecule has 0 radical (unpaired) electrons. The minimum atomic E-state index is -0.985. The highest BCUT2D eigenvalue weighted by molar-refractivity contribution is 9.10. The second-order valence-electron chi connectivity index (χ2n) is 4.89. The van der Waals surface area contributed by atoms with Crippen LogP contribution in [0.2, 0.25) is 25.7 Å². The summed E-state index contributed by atoms with van der Waals surface area (Å²) in [7, 11) is -0.985. The zero-order chi connectivity index (χ0) is 11.3. The SMILES string of the molecule is C[Si](C)(C)CC#CCc1ccc(Br)cc1. The molecule has 1 rings (SSSR count). The molecule has 2 heteroatoms. The Kier molecular flexibility index (Phi) is 4.63. The van der Waals surface area contributed by atoms with Gasteiger partial charge in [-0.1, -0.05) is 53.6 Å². The minimum absolute atomic E-state index is 0.873. The van der Waals surface area contributed by atoms with Crippen LogP contribution in [0.1, 0.15) is 5.56 Å². The van der Waals surface area contributed by atoms with Gasteiger partial charge in [0.1, 0.15) is 0 Å². The van der Waals surface area contributed by atoms with E-state index in [2.05, 4.69) is 71.7 Å². The topological polar surface area (TPSA) is 0 Å². The van der Waals surface area contributed by atoms with Crippen molar-refractivity contribution in [1.82, 2.24) is 0 Å². The average Bonchev–Trinajstić information content (AvgIpc) is 2.14. The van der Waals surface area contributed by atoms with E-state index in [1.807, 2.05) is 0 Å². The van der Waals surface area contributed by atoms with E-state index in [-0.39, 0.29) is 0 Å². The number of hydrogen-bond acceptors (Lipinski definition) is 0. The van der Waals surface area contributed by atoms with E-state index in [9.17, 15) is 0 Å². The summed E-state index contributed by atoms with van der Waals surface area (Å²) in [5.74, 6) is 6.54. The molecule has 15 heavy (non-hydrogen) atoms. The van der Waals surface area contributed by atoms with Gasteiger partial charge in [-0.3, -0.25) is 0 Å². The van der Waals surface area contributed by atoms with Crippen LogP contribution in [0.4, 0.5) is 0 Å². The van der Waals surface area contributed by atoms with Crippen LogP contribution >= 0.6 is 15.9 Å². The van der Waals surface area contributed by atoms with Crippen LogP contribution in [0.15, 0.2) is 28.7 Å². The van der Waals surface area contributed by atoms with E-state index in [1.165, 1.54) is 5.56 Å². The van der Waals surface area contributed by atoms with Gasteiger partial charge in [-0.2, -0.15) is 0 Å². The summed E-state index contributed by atoms with van der Waals surface area (Å²) in [4.78, 5) is 0. The first-order chi connectivity index (χ1) is 6.97. The van der Waals surface area contributed by atoms with Gasteiger partial charge in [-0.15, -0.1) is 5.92 Å². The third-order valence-corrected chi connectivity index (χ3v) is 3.72. The van der Waals surface area contributed by atoms with Crippen LogP contribution in [0.5, 0.6) is 0 Å². The Labute approximate surface area is 102 Å². The molecule has 1 aromatic carbocycles. The molecule has 1 aromatic rings. The standard InChI is InChI=1S/C13H17BrSi/c1-15(2,3)11-5-4-6-12-7-9-13(14)10-8-12/h7-10H,6,11H2,1-3H3. The quantitative estimate of drug-likeness (QED) is 0.559. The molecule has 0 fully saturated rings. The highest BCUT2D eigenvalue weighted by Crippen LogP contribution is 2.10. The zero-order valence-electron chi connectivity index (χ0n) is 9.60. The molecular weight excluding hydrogens is 264 g/mol. The fourth-order valence-electron chi connectivity index (χ4n) is 1.09. The van der Waals surface area contributed by atoms with E-state index in [4.69, 9.17) is 0 Å². The lowest BCUT2D eigenvalue weighted by atomic mass is 10.2. The molecule has 0 unspecified atom stereocenters. The monoisotopic (exact) mass is 280 g/mol. The van der Waals surface area contributed by atoms with Gasteiger partial charge in [-0.25, -0.2) is 0 Å². The molecule has 0 N–H and O–H groups in total. The summed E-state index contributed by atoms with van der Waals surface area (Å²) in [5.41, 5.74) is 1.29. The van der Waals surface area contributed by atoms with Crippen LogP contribution < -0.4 is 0 Å². The Morgan fingerprint density at radius 1 is 1.07 bits per heavy atom. The molecule has 0 bridgehead atoms. The lowest BCUT2D eigenvalue weighted by molar-refractivity contribution is 1.31. The minimum Gasteiger partial charge on any atom is -0.106 e. The number of halogens is 1. The Hall–Kier alpha value is -0.523. The summed E-state index contributed by atoms with van der Waals surface area (Å²) in [6.07, 6.45) is 0.873. The molecule has 0 heterocycles. The average molecular weight is 281 g/mol. The third kappa shape index (κ3) is 5.81. The Balaban J connectivity index is 2.47. The van der Waals surface area contributed by atoms with Crippen LogP contribution in [-0.4, -0.2) is 8.07 Å². The first-order valence-corrected chi connectivity index (χ1v) is 9.67. The van der Waals surface area contributed by atoms with E-state index in [1.54, 1.807) is 0 Å². The fraction of sp³-hybridized carbons (Fsp3) is 0.385. The molecule has 0 aliphatic carbocycles. The normalized spacial score (nSPS) is 10.7. The number of hydrogen-bond donors (Lipinski definition) is 0. The highest BCUT2D eigenvalue weighted by atomic mass is 79.9. The molecule has 0 atom stereocenters. The van der Waals surface area contributed by atoms with Crippen LogP contribution in [-0.2, 0) is 6.42 Å². The maximum atomic E-state index is 3.42. The molecule has 0 aliphatic rings. The Morgan fingerprint density at radius 3 is 2.20 bits per heavy atom. The number of benzene rings is 1. The van der Waals surface area contributed by atoms with Crippen molar-refractivity contribution in [1.29, 1.82) is 0 Å². The predicted molar refractivity (Wildman–Crippen MR) is 73.8 cm³/mol. The van der Waals surface area contributed by atoms with E-state index in [0.717, 1.165) is 16.9 Å². The summed E-state index contributed by atoms with van der Waals surface area (Å²) in [6.45, 7) is 7.05. The van der Waals surface area contributed by atoms with Crippen molar-refractivity contribution in [3.8, 4) is 11.8 Å². The maximum Gasteiger partial charge on any atom is 0.0573 e. The van der Waals surface area contributed by atoms with Crippen molar-refractivity contribution < 1.29 is 0 Å². The smallest absolute Gasteiger partial charge is 0.0573 e. The lowest BCUT2D eigenvalue weighted by Gasteiger charge is -2.09. The van der Waals surface area contributed by atoms with Crippen LogP contribution in [0, 0.1) is 11.8 Å². The Morgan fingerprint density at radius 2 is 1.67 bits per heavy atom. The molecule has 0 aromatic heterocycles. The fourth-order valence-corrected chi connectivity index (χ4v) is 2.01. The van der Waals surface area contributed by atoms with E-state index >= 15 is 0 Å². The second kappa shape index (κ2) is 5.53. The molecule has 0 saturated carbocycles. The largest absolute Gasteiger partial charge is 0.106 e. The van der Waals surface area contributed by atoms with Crippen molar-refractivity contribution in [2.45, 2.75) is 32.1 Å². The van der Waals surface area contributed by atoms with Crippen molar-refractivity contribution in [2.75, 3.05) is 0 Å². The van der Waals surface area contributed by atoms with Gasteiger partial charge in [0.25, 0.3) is 0 Å². The van der Waals surface area contributed by atoms with Gasteiger partial charge in [0, 0.05) is 16.9 Å². The molecule has 80 valence electrons. The van der Waals surface area contributed by atoms with Crippen LogP contribution in [0.3, 0.4) is 0 Å². The molecule has 0 aliphatic heterocycles. The van der Waals surface area contributed by atoms with Gasteiger partial charge in [0.15, 0.2) is 0 Å². The van der Waals surface area contributed by atoms with Gasteiger partial charge in [0.05, 0.1) is 8.07 Å². The van der Waals surface area contributed by atoms with E-state index < -0.39 is 8.07 Å². The predicted octanol–water partition coefficient (Wildman–Crippen LogP) is 4.33. The lowest BCUT2D eigenvalue weighted by Crippen LogP contribution is -2.17. The summed E-state index contributed by atoms with van der Waals surface area (Å²) < 4.78 is 1.13. The molecular formula is C13H17BrSi. The first-order valence-electron chi connectivity index (χ1n) is 5.17. The van der Waals surface area contributed by atoms with Crippen molar-refractivity contribution >= 4 is 24.0 Å². The van der Waals surface area contributed by atoms with Crippen molar-refractivity contribution in [3.63, 3.8) is 0 Å².